The van der Waals surface area contributed by atoms with E-state index >= 15 is 0 Å². The van der Waals surface area contributed by atoms with Crippen LogP contribution in [0.3, 0.4) is 0 Å². The largest absolute Gasteiger partial charge is 0.463 e. The number of aromatic nitrogens is 3. The van der Waals surface area contributed by atoms with Crippen LogP contribution in [0.25, 0.3) is 0 Å². The molecular formula is C11H9ClFN3O2. The summed E-state index contributed by atoms with van der Waals surface area (Å²) < 4.78 is 19.4. The van der Waals surface area contributed by atoms with Gasteiger partial charge in [-0.3, -0.25) is 0 Å². The van der Waals surface area contributed by atoms with Crippen molar-refractivity contribution in [3.8, 4) is 0 Å². The molecule has 0 atom stereocenters. The van der Waals surface area contributed by atoms with Crippen LogP contribution in [0.4, 0.5) is 4.39 Å². The molecule has 0 unspecified atom stereocenters. The van der Waals surface area contributed by atoms with Crippen molar-refractivity contribution < 1.29 is 13.9 Å². The molecule has 0 amide bonds. The van der Waals surface area contributed by atoms with Crippen LogP contribution in [0.1, 0.15) is 16.2 Å². The molecule has 5 nitrogen and oxygen atoms in total. The molecule has 1 aromatic carbocycles. The van der Waals surface area contributed by atoms with Gasteiger partial charge in [0.1, 0.15) is 12.1 Å². The molecule has 94 valence electrons. The van der Waals surface area contributed by atoms with E-state index in [4.69, 9.17) is 11.6 Å². The smallest absolute Gasteiger partial charge is 0.377 e. The predicted octanol–water partition coefficient (Wildman–Crippen LogP) is 1.91. The van der Waals surface area contributed by atoms with Gasteiger partial charge in [-0.15, -0.1) is 5.10 Å². The van der Waals surface area contributed by atoms with E-state index in [0.29, 0.717) is 5.56 Å². The molecule has 0 fully saturated rings. The summed E-state index contributed by atoms with van der Waals surface area (Å²) in [5, 5.41) is 3.91. The number of hydrogen-bond donors (Lipinski definition) is 0. The van der Waals surface area contributed by atoms with Gasteiger partial charge in [-0.05, 0) is 6.07 Å². The minimum absolute atomic E-state index is 0.0424. The Balaban J connectivity index is 2.21. The molecule has 1 aromatic heterocycles. The fraction of sp³-hybridized carbons (Fsp3) is 0.182. The van der Waals surface area contributed by atoms with E-state index in [1.165, 1.54) is 24.2 Å². The van der Waals surface area contributed by atoms with Gasteiger partial charge in [0.25, 0.3) is 5.82 Å². The first-order valence-electron chi connectivity index (χ1n) is 5.02. The number of carbonyl (C=O) groups is 1. The molecule has 1 heterocycles. The molecule has 0 bridgehead atoms. The van der Waals surface area contributed by atoms with Crippen molar-refractivity contribution in [2.45, 2.75) is 6.54 Å². The monoisotopic (exact) mass is 269 g/mol. The Hall–Kier alpha value is -1.95. The SMILES string of the molecule is COC(=O)c1ncn(Cc2cccc(Cl)c2F)n1. The summed E-state index contributed by atoms with van der Waals surface area (Å²) in [6.07, 6.45) is 1.33. The van der Waals surface area contributed by atoms with Crippen LogP contribution in [0.2, 0.25) is 5.02 Å². The number of nitrogens with zero attached hydrogens (tertiary/aromatic N) is 3. The highest BCUT2D eigenvalue weighted by Crippen LogP contribution is 2.18. The van der Waals surface area contributed by atoms with Crippen LogP contribution in [0.15, 0.2) is 24.5 Å². The summed E-state index contributed by atoms with van der Waals surface area (Å²) in [6.45, 7) is 0.135. The average molecular weight is 270 g/mol. The fourth-order valence-electron chi connectivity index (χ4n) is 1.40. The van der Waals surface area contributed by atoms with Gasteiger partial charge in [-0.25, -0.2) is 18.9 Å². The molecule has 0 aliphatic rings. The number of rotatable bonds is 3. The molecule has 0 spiro atoms. The van der Waals surface area contributed by atoms with Gasteiger partial charge in [-0.1, -0.05) is 23.7 Å². The van der Waals surface area contributed by atoms with Gasteiger partial charge in [0.05, 0.1) is 18.7 Å². The van der Waals surface area contributed by atoms with E-state index in [1.54, 1.807) is 12.1 Å². The molecule has 2 aromatic rings. The highest BCUT2D eigenvalue weighted by Gasteiger charge is 2.12. The second kappa shape index (κ2) is 5.14. The summed E-state index contributed by atoms with van der Waals surface area (Å²) in [7, 11) is 1.24. The van der Waals surface area contributed by atoms with Gasteiger partial charge >= 0.3 is 5.97 Å². The van der Waals surface area contributed by atoms with Crippen LogP contribution in [0.5, 0.6) is 0 Å². The minimum Gasteiger partial charge on any atom is -0.463 e. The standard InChI is InChI=1S/C11H9ClFN3O2/c1-18-11(17)10-14-6-16(15-10)5-7-3-2-4-8(12)9(7)13/h2-4,6H,5H2,1H3. The molecule has 7 heteroatoms. The van der Waals surface area contributed by atoms with Crippen molar-refractivity contribution in [1.82, 2.24) is 14.8 Å². The zero-order valence-corrected chi connectivity index (χ0v) is 10.2. The summed E-state index contributed by atoms with van der Waals surface area (Å²) in [5.41, 5.74) is 0.365. The number of benzene rings is 1. The first-order chi connectivity index (χ1) is 8.61. The highest BCUT2D eigenvalue weighted by molar-refractivity contribution is 6.30. The maximum atomic E-state index is 13.6. The first kappa shape index (κ1) is 12.5. The quantitative estimate of drug-likeness (QED) is 0.799. The minimum atomic E-state index is -0.639. The van der Waals surface area contributed by atoms with Gasteiger partial charge in [0.15, 0.2) is 0 Å². The second-order valence-corrected chi connectivity index (χ2v) is 3.88. The maximum absolute atomic E-state index is 13.6. The van der Waals surface area contributed by atoms with E-state index < -0.39 is 11.8 Å². The topological polar surface area (TPSA) is 57.0 Å². The van der Waals surface area contributed by atoms with Crippen LogP contribution in [-0.4, -0.2) is 27.8 Å². The van der Waals surface area contributed by atoms with E-state index in [-0.39, 0.29) is 17.4 Å². The third-order valence-electron chi connectivity index (χ3n) is 2.27. The average Bonchev–Trinajstić information content (AvgIpc) is 2.82. The Morgan fingerprint density at radius 1 is 1.56 bits per heavy atom. The molecule has 18 heavy (non-hydrogen) atoms. The lowest BCUT2D eigenvalue weighted by Gasteiger charge is -2.03. The number of ether oxygens (including phenoxy) is 1. The zero-order valence-electron chi connectivity index (χ0n) is 9.43. The van der Waals surface area contributed by atoms with Crippen LogP contribution in [0, 0.1) is 5.82 Å². The van der Waals surface area contributed by atoms with Crippen molar-refractivity contribution in [3.63, 3.8) is 0 Å². The lowest BCUT2D eigenvalue weighted by atomic mass is 10.2. The third-order valence-corrected chi connectivity index (χ3v) is 2.56. The number of esters is 1. The van der Waals surface area contributed by atoms with Gasteiger partial charge in [0, 0.05) is 5.56 Å². The van der Waals surface area contributed by atoms with E-state index in [9.17, 15) is 9.18 Å². The second-order valence-electron chi connectivity index (χ2n) is 3.47. The Bertz CT molecular complexity index is 585. The van der Waals surface area contributed by atoms with Crippen molar-refractivity contribution in [3.05, 3.63) is 46.8 Å². The third kappa shape index (κ3) is 2.48. The maximum Gasteiger partial charge on any atom is 0.377 e. The van der Waals surface area contributed by atoms with Crippen LogP contribution in [-0.2, 0) is 11.3 Å². The van der Waals surface area contributed by atoms with Crippen molar-refractivity contribution in [1.29, 1.82) is 0 Å². The molecule has 0 aliphatic carbocycles. The molecule has 0 radical (unpaired) electrons. The summed E-state index contributed by atoms with van der Waals surface area (Å²) in [4.78, 5) is 14.9. The van der Waals surface area contributed by atoms with Crippen molar-refractivity contribution in [2.75, 3.05) is 7.11 Å². The van der Waals surface area contributed by atoms with Crippen molar-refractivity contribution >= 4 is 17.6 Å². The van der Waals surface area contributed by atoms with E-state index in [2.05, 4.69) is 14.8 Å². The Labute approximate surface area is 107 Å². The van der Waals surface area contributed by atoms with Gasteiger partial charge < -0.3 is 4.74 Å². The molecule has 0 saturated carbocycles. The van der Waals surface area contributed by atoms with E-state index in [0.717, 1.165) is 0 Å². The van der Waals surface area contributed by atoms with Gasteiger partial charge in [-0.2, -0.15) is 0 Å². The molecule has 0 N–H and O–H groups in total. The fourth-order valence-corrected chi connectivity index (χ4v) is 1.59. The highest BCUT2D eigenvalue weighted by atomic mass is 35.5. The van der Waals surface area contributed by atoms with Gasteiger partial charge in [0.2, 0.25) is 0 Å². The van der Waals surface area contributed by atoms with Crippen LogP contribution < -0.4 is 0 Å². The number of methoxy groups -OCH3 is 1. The zero-order chi connectivity index (χ0) is 13.1. The number of carbonyl (C=O) groups excluding carboxylic acids is 1. The number of hydrogen-bond acceptors (Lipinski definition) is 4. The summed E-state index contributed by atoms with van der Waals surface area (Å²) in [5.74, 6) is -1.21. The summed E-state index contributed by atoms with van der Waals surface area (Å²) in [6, 6.07) is 4.68. The first-order valence-corrected chi connectivity index (χ1v) is 5.40. The molecule has 0 saturated heterocycles. The van der Waals surface area contributed by atoms with Crippen molar-refractivity contribution in [2.24, 2.45) is 0 Å². The normalized spacial score (nSPS) is 10.4. The Morgan fingerprint density at radius 3 is 3.06 bits per heavy atom. The lowest BCUT2D eigenvalue weighted by molar-refractivity contribution is 0.0586. The predicted molar refractivity (Wildman–Crippen MR) is 61.9 cm³/mol. The summed E-state index contributed by atoms with van der Waals surface area (Å²) >= 11 is 5.66. The molecular weight excluding hydrogens is 261 g/mol. The van der Waals surface area contributed by atoms with E-state index in [1.807, 2.05) is 0 Å². The Morgan fingerprint density at radius 2 is 2.33 bits per heavy atom. The molecule has 0 aliphatic heterocycles. The number of halogens is 2. The van der Waals surface area contributed by atoms with Crippen LogP contribution >= 0.6 is 11.6 Å². The Kier molecular flexibility index (Phi) is 3.57. The lowest BCUT2D eigenvalue weighted by Crippen LogP contribution is -2.07. The molecule has 2 rings (SSSR count).